The van der Waals surface area contributed by atoms with Gasteiger partial charge in [0.15, 0.2) is 0 Å². The van der Waals surface area contributed by atoms with Crippen molar-refractivity contribution in [1.82, 2.24) is 10.6 Å². The highest BCUT2D eigenvalue weighted by atomic mass is 15.1. The van der Waals surface area contributed by atoms with Gasteiger partial charge in [0.05, 0.1) is 6.17 Å². The molecule has 2 nitrogen and oxygen atoms in total. The Kier molecular flexibility index (Phi) is 3.16. The Bertz CT molecular complexity index is 89.3. The summed E-state index contributed by atoms with van der Waals surface area (Å²) < 4.78 is 0. The summed E-state index contributed by atoms with van der Waals surface area (Å²) in [5.41, 5.74) is 0. The van der Waals surface area contributed by atoms with Crippen LogP contribution >= 0.6 is 0 Å². The first-order valence-corrected chi connectivity index (χ1v) is 4.29. The molecule has 1 saturated carbocycles. The molecule has 1 aliphatic carbocycles. The van der Waals surface area contributed by atoms with Crippen molar-refractivity contribution in [2.75, 3.05) is 13.6 Å². The van der Waals surface area contributed by atoms with E-state index < -0.39 is 0 Å². The normalized spacial score (nSPS) is 21.0. The van der Waals surface area contributed by atoms with Gasteiger partial charge < -0.3 is 10.6 Å². The molecule has 1 atom stereocenters. The molecular formula is C8H18N2. The maximum atomic E-state index is 3.47. The van der Waals surface area contributed by atoms with E-state index in [2.05, 4.69) is 17.6 Å². The minimum absolute atomic E-state index is 0.583. The second kappa shape index (κ2) is 3.94. The first-order valence-electron chi connectivity index (χ1n) is 4.29. The van der Waals surface area contributed by atoms with Crippen LogP contribution in [0, 0.1) is 5.92 Å². The van der Waals surface area contributed by atoms with Crippen molar-refractivity contribution >= 4 is 0 Å². The molecule has 0 aromatic rings. The van der Waals surface area contributed by atoms with Crippen LogP contribution in [0.1, 0.15) is 26.2 Å². The lowest BCUT2D eigenvalue weighted by atomic mass is 10.3. The van der Waals surface area contributed by atoms with Gasteiger partial charge in [-0.15, -0.1) is 0 Å². The summed E-state index contributed by atoms with van der Waals surface area (Å²) in [6.07, 6.45) is 4.62. The topological polar surface area (TPSA) is 24.1 Å². The average Bonchev–Trinajstić information content (AvgIpc) is 2.73. The molecule has 2 N–H and O–H groups in total. The lowest BCUT2D eigenvalue weighted by molar-refractivity contribution is 0.411. The predicted molar refractivity (Wildman–Crippen MR) is 43.9 cm³/mol. The third-order valence-electron chi connectivity index (χ3n) is 2.02. The third-order valence-corrected chi connectivity index (χ3v) is 2.02. The van der Waals surface area contributed by atoms with Gasteiger partial charge in [-0.1, -0.05) is 6.92 Å². The van der Waals surface area contributed by atoms with Crippen LogP contribution in [0.4, 0.5) is 0 Å². The van der Waals surface area contributed by atoms with Gasteiger partial charge in [-0.05, 0) is 38.8 Å². The second-order valence-corrected chi connectivity index (χ2v) is 3.06. The third kappa shape index (κ3) is 2.27. The Morgan fingerprint density at radius 3 is 2.60 bits per heavy atom. The Morgan fingerprint density at radius 1 is 1.50 bits per heavy atom. The first-order chi connectivity index (χ1) is 4.88. The van der Waals surface area contributed by atoms with Crippen molar-refractivity contribution in [3.05, 3.63) is 0 Å². The minimum atomic E-state index is 0.583. The van der Waals surface area contributed by atoms with Crippen LogP contribution in [0.5, 0.6) is 0 Å². The van der Waals surface area contributed by atoms with Crippen molar-refractivity contribution in [3.8, 4) is 0 Å². The van der Waals surface area contributed by atoms with Crippen LogP contribution < -0.4 is 10.6 Å². The van der Waals surface area contributed by atoms with Crippen molar-refractivity contribution in [2.45, 2.75) is 32.4 Å². The summed E-state index contributed by atoms with van der Waals surface area (Å²) >= 11 is 0. The maximum Gasteiger partial charge on any atom is 0.0598 e. The van der Waals surface area contributed by atoms with Crippen LogP contribution in [0.15, 0.2) is 0 Å². The molecule has 1 unspecified atom stereocenters. The SMILES string of the molecule is CCCNC(NC)C1CC1. The fourth-order valence-electron chi connectivity index (χ4n) is 1.23. The van der Waals surface area contributed by atoms with Gasteiger partial charge in [-0.25, -0.2) is 0 Å². The zero-order valence-electron chi connectivity index (χ0n) is 6.98. The van der Waals surface area contributed by atoms with Gasteiger partial charge in [-0.3, -0.25) is 0 Å². The maximum absolute atomic E-state index is 3.47. The average molecular weight is 142 g/mol. The van der Waals surface area contributed by atoms with Crippen molar-refractivity contribution in [1.29, 1.82) is 0 Å². The minimum Gasteiger partial charge on any atom is -0.305 e. The number of hydrogen-bond donors (Lipinski definition) is 2. The van der Waals surface area contributed by atoms with Gasteiger partial charge in [-0.2, -0.15) is 0 Å². The highest BCUT2D eigenvalue weighted by molar-refractivity contribution is 4.83. The highest BCUT2D eigenvalue weighted by Gasteiger charge is 2.29. The van der Waals surface area contributed by atoms with E-state index in [-0.39, 0.29) is 0 Å². The zero-order chi connectivity index (χ0) is 7.40. The zero-order valence-corrected chi connectivity index (χ0v) is 6.98. The van der Waals surface area contributed by atoms with Gasteiger partial charge in [0.2, 0.25) is 0 Å². The van der Waals surface area contributed by atoms with E-state index >= 15 is 0 Å². The Balaban J connectivity index is 2.07. The molecule has 0 radical (unpaired) electrons. The fourth-order valence-corrected chi connectivity index (χ4v) is 1.23. The summed E-state index contributed by atoms with van der Waals surface area (Å²) in [5.74, 6) is 0.913. The molecule has 0 spiro atoms. The number of hydrogen-bond acceptors (Lipinski definition) is 2. The van der Waals surface area contributed by atoms with Crippen LogP contribution in [0.25, 0.3) is 0 Å². The molecule has 0 amide bonds. The second-order valence-electron chi connectivity index (χ2n) is 3.06. The number of nitrogens with one attached hydrogen (secondary N) is 2. The lowest BCUT2D eigenvalue weighted by Gasteiger charge is -2.16. The molecule has 1 fully saturated rings. The summed E-state index contributed by atoms with van der Waals surface area (Å²) in [4.78, 5) is 0. The molecule has 0 saturated heterocycles. The molecular weight excluding hydrogens is 124 g/mol. The van der Waals surface area contributed by atoms with Gasteiger partial charge in [0.1, 0.15) is 0 Å². The summed E-state index contributed by atoms with van der Waals surface area (Å²) in [6, 6.07) is 0. The van der Waals surface area contributed by atoms with Gasteiger partial charge >= 0.3 is 0 Å². The smallest absolute Gasteiger partial charge is 0.0598 e. The standard InChI is InChI=1S/C8H18N2/c1-3-6-10-8(9-2)7-4-5-7/h7-10H,3-6H2,1-2H3. The van der Waals surface area contributed by atoms with Crippen molar-refractivity contribution in [2.24, 2.45) is 5.92 Å². The van der Waals surface area contributed by atoms with E-state index in [4.69, 9.17) is 0 Å². The number of rotatable bonds is 5. The molecule has 1 aliphatic rings. The Hall–Kier alpha value is -0.0800. The van der Waals surface area contributed by atoms with E-state index in [1.165, 1.54) is 19.3 Å². The van der Waals surface area contributed by atoms with E-state index in [0.717, 1.165) is 12.5 Å². The summed E-state index contributed by atoms with van der Waals surface area (Å²) in [5, 5.41) is 6.76. The van der Waals surface area contributed by atoms with Crippen LogP contribution in [0.3, 0.4) is 0 Å². The summed E-state index contributed by atoms with van der Waals surface area (Å²) in [7, 11) is 2.03. The molecule has 0 heterocycles. The monoisotopic (exact) mass is 142 g/mol. The Morgan fingerprint density at radius 2 is 2.20 bits per heavy atom. The quantitative estimate of drug-likeness (QED) is 0.558. The van der Waals surface area contributed by atoms with E-state index in [1.54, 1.807) is 0 Å². The molecule has 0 bridgehead atoms. The highest BCUT2D eigenvalue weighted by Crippen LogP contribution is 2.31. The summed E-state index contributed by atoms with van der Waals surface area (Å²) in [6.45, 7) is 3.34. The van der Waals surface area contributed by atoms with Crippen molar-refractivity contribution < 1.29 is 0 Å². The molecule has 0 aromatic carbocycles. The largest absolute Gasteiger partial charge is 0.305 e. The van der Waals surface area contributed by atoms with Crippen LogP contribution in [0.2, 0.25) is 0 Å². The first kappa shape index (κ1) is 8.02. The van der Waals surface area contributed by atoms with Gasteiger partial charge in [0.25, 0.3) is 0 Å². The Labute approximate surface area is 63.4 Å². The molecule has 10 heavy (non-hydrogen) atoms. The molecule has 1 rings (SSSR count). The van der Waals surface area contributed by atoms with Crippen LogP contribution in [-0.2, 0) is 0 Å². The van der Waals surface area contributed by atoms with E-state index in [0.29, 0.717) is 6.17 Å². The predicted octanol–water partition coefficient (Wildman–Crippen LogP) is 0.941. The molecule has 60 valence electrons. The fraction of sp³-hybridized carbons (Fsp3) is 1.00. The van der Waals surface area contributed by atoms with E-state index in [1.807, 2.05) is 7.05 Å². The van der Waals surface area contributed by atoms with Crippen LogP contribution in [-0.4, -0.2) is 19.8 Å². The van der Waals surface area contributed by atoms with Crippen molar-refractivity contribution in [3.63, 3.8) is 0 Å². The van der Waals surface area contributed by atoms with Gasteiger partial charge in [0, 0.05) is 0 Å². The lowest BCUT2D eigenvalue weighted by Crippen LogP contribution is -2.42. The molecule has 0 aliphatic heterocycles. The molecule has 2 heteroatoms. The van der Waals surface area contributed by atoms with E-state index in [9.17, 15) is 0 Å². The molecule has 0 aromatic heterocycles.